The minimum Gasteiger partial charge on any atom is -0.380 e. The second-order valence-electron chi connectivity index (χ2n) is 4.29. The molecule has 2 fully saturated rings. The highest BCUT2D eigenvalue weighted by molar-refractivity contribution is 7.89. The molecule has 2 N–H and O–H groups in total. The molecule has 0 bridgehead atoms. The lowest BCUT2D eigenvalue weighted by Crippen LogP contribution is -2.42. The zero-order chi connectivity index (χ0) is 10.9. The van der Waals surface area contributed by atoms with Crippen LogP contribution in [0.3, 0.4) is 0 Å². The van der Waals surface area contributed by atoms with Crippen LogP contribution in [0.15, 0.2) is 0 Å². The minimum atomic E-state index is -3.17. The van der Waals surface area contributed by atoms with E-state index in [-0.39, 0.29) is 11.3 Å². The summed E-state index contributed by atoms with van der Waals surface area (Å²) in [6.07, 6.45) is 2.32. The van der Waals surface area contributed by atoms with Crippen LogP contribution in [-0.4, -0.2) is 50.3 Å². The van der Waals surface area contributed by atoms with Crippen molar-refractivity contribution in [1.29, 1.82) is 0 Å². The Morgan fingerprint density at radius 3 is 2.67 bits per heavy atom. The average molecular weight is 234 g/mol. The van der Waals surface area contributed by atoms with Gasteiger partial charge in [-0.1, -0.05) is 0 Å². The minimum absolute atomic E-state index is 0.00397. The van der Waals surface area contributed by atoms with E-state index in [4.69, 9.17) is 10.5 Å². The van der Waals surface area contributed by atoms with Gasteiger partial charge in [0.1, 0.15) is 0 Å². The Kier molecular flexibility index (Phi) is 3.30. The summed E-state index contributed by atoms with van der Waals surface area (Å²) in [6, 6.07) is 0.00397. The largest absolute Gasteiger partial charge is 0.380 e. The fourth-order valence-corrected chi connectivity index (χ4v) is 4.06. The van der Waals surface area contributed by atoms with E-state index >= 15 is 0 Å². The van der Waals surface area contributed by atoms with Crippen molar-refractivity contribution in [2.24, 2.45) is 5.73 Å². The second-order valence-corrected chi connectivity index (χ2v) is 6.50. The van der Waals surface area contributed by atoms with Crippen molar-refractivity contribution >= 4 is 10.0 Å². The van der Waals surface area contributed by atoms with E-state index in [0.29, 0.717) is 32.7 Å². The molecule has 2 atom stereocenters. The summed E-state index contributed by atoms with van der Waals surface area (Å²) in [4.78, 5) is 0. The van der Waals surface area contributed by atoms with Gasteiger partial charge in [0, 0.05) is 25.7 Å². The molecule has 88 valence electrons. The Labute approximate surface area is 90.6 Å². The number of hydrogen-bond acceptors (Lipinski definition) is 4. The van der Waals surface area contributed by atoms with E-state index in [1.54, 1.807) is 0 Å². The Morgan fingerprint density at radius 2 is 2.13 bits per heavy atom. The van der Waals surface area contributed by atoms with Gasteiger partial charge in [0.25, 0.3) is 0 Å². The maximum atomic E-state index is 12.1. The first-order valence-corrected chi connectivity index (χ1v) is 6.93. The zero-order valence-electron chi connectivity index (χ0n) is 8.76. The SMILES string of the molecule is N[C@H]1CCN(S(=O)(=O)C2CCCOC2)C1. The van der Waals surface area contributed by atoms with Crippen molar-refractivity contribution < 1.29 is 13.2 Å². The molecular weight excluding hydrogens is 216 g/mol. The highest BCUT2D eigenvalue weighted by Gasteiger charge is 2.36. The fourth-order valence-electron chi connectivity index (χ4n) is 2.14. The third-order valence-electron chi connectivity index (χ3n) is 3.09. The first kappa shape index (κ1) is 11.3. The second kappa shape index (κ2) is 4.37. The van der Waals surface area contributed by atoms with Gasteiger partial charge in [0.2, 0.25) is 10.0 Å². The summed E-state index contributed by atoms with van der Waals surface area (Å²) in [5.41, 5.74) is 5.71. The molecule has 0 spiro atoms. The van der Waals surface area contributed by atoms with Crippen LogP contribution in [0, 0.1) is 0 Å². The van der Waals surface area contributed by atoms with Gasteiger partial charge in [-0.25, -0.2) is 8.42 Å². The van der Waals surface area contributed by atoms with Crippen molar-refractivity contribution in [3.63, 3.8) is 0 Å². The number of ether oxygens (including phenoxy) is 1. The number of hydrogen-bond donors (Lipinski definition) is 1. The van der Waals surface area contributed by atoms with Gasteiger partial charge in [-0.2, -0.15) is 4.31 Å². The molecule has 0 radical (unpaired) electrons. The molecule has 5 nitrogen and oxygen atoms in total. The molecule has 2 rings (SSSR count). The molecule has 0 aliphatic carbocycles. The van der Waals surface area contributed by atoms with Crippen LogP contribution in [0.1, 0.15) is 19.3 Å². The van der Waals surface area contributed by atoms with E-state index in [2.05, 4.69) is 0 Å². The molecule has 0 amide bonds. The highest BCUT2D eigenvalue weighted by Crippen LogP contribution is 2.21. The summed E-state index contributed by atoms with van der Waals surface area (Å²) in [7, 11) is -3.17. The zero-order valence-corrected chi connectivity index (χ0v) is 9.58. The van der Waals surface area contributed by atoms with Gasteiger partial charge in [-0.3, -0.25) is 0 Å². The van der Waals surface area contributed by atoms with Crippen LogP contribution in [0.4, 0.5) is 0 Å². The van der Waals surface area contributed by atoms with Crippen LogP contribution in [0.2, 0.25) is 0 Å². The molecule has 15 heavy (non-hydrogen) atoms. The lowest BCUT2D eigenvalue weighted by molar-refractivity contribution is 0.0977. The summed E-state index contributed by atoms with van der Waals surface area (Å²) < 4.78 is 31.0. The smallest absolute Gasteiger partial charge is 0.219 e. The lowest BCUT2D eigenvalue weighted by Gasteiger charge is -2.26. The maximum Gasteiger partial charge on any atom is 0.219 e. The molecular formula is C9H18N2O3S. The van der Waals surface area contributed by atoms with Crippen molar-refractivity contribution in [2.45, 2.75) is 30.6 Å². The summed E-state index contributed by atoms with van der Waals surface area (Å²) in [6.45, 7) is 2.07. The Hall–Kier alpha value is -0.170. The topological polar surface area (TPSA) is 72.6 Å². The molecule has 0 saturated carbocycles. The van der Waals surface area contributed by atoms with Gasteiger partial charge in [0.05, 0.1) is 11.9 Å². The first-order chi connectivity index (χ1) is 7.10. The highest BCUT2D eigenvalue weighted by atomic mass is 32.2. The van der Waals surface area contributed by atoms with Crippen LogP contribution < -0.4 is 5.73 Å². The van der Waals surface area contributed by atoms with Gasteiger partial charge >= 0.3 is 0 Å². The first-order valence-electron chi connectivity index (χ1n) is 5.43. The number of nitrogens with two attached hydrogens (primary N) is 1. The number of sulfonamides is 1. The number of nitrogens with zero attached hydrogens (tertiary/aromatic N) is 1. The average Bonchev–Trinajstić information content (AvgIpc) is 2.67. The molecule has 0 aromatic carbocycles. The molecule has 2 saturated heterocycles. The summed E-state index contributed by atoms with van der Waals surface area (Å²) in [5.74, 6) is 0. The van der Waals surface area contributed by atoms with Crippen LogP contribution in [0.5, 0.6) is 0 Å². The van der Waals surface area contributed by atoms with Crippen molar-refractivity contribution in [2.75, 3.05) is 26.3 Å². The van der Waals surface area contributed by atoms with Crippen LogP contribution >= 0.6 is 0 Å². The van der Waals surface area contributed by atoms with E-state index in [0.717, 1.165) is 12.8 Å². The summed E-state index contributed by atoms with van der Waals surface area (Å²) in [5, 5.41) is -0.350. The predicted octanol–water partition coefficient (Wildman–Crippen LogP) is -0.472. The monoisotopic (exact) mass is 234 g/mol. The van der Waals surface area contributed by atoms with E-state index in [1.807, 2.05) is 0 Å². The van der Waals surface area contributed by atoms with Gasteiger partial charge in [-0.05, 0) is 19.3 Å². The Morgan fingerprint density at radius 1 is 1.33 bits per heavy atom. The normalized spacial score (nSPS) is 34.5. The standard InChI is InChI=1S/C9H18N2O3S/c10-8-3-4-11(6-8)15(12,13)9-2-1-5-14-7-9/h8-9H,1-7,10H2/t8-,9?/m0/s1. The van der Waals surface area contributed by atoms with Crippen LogP contribution in [-0.2, 0) is 14.8 Å². The summed E-state index contributed by atoms with van der Waals surface area (Å²) >= 11 is 0. The quantitative estimate of drug-likeness (QED) is 0.701. The fraction of sp³-hybridized carbons (Fsp3) is 1.00. The van der Waals surface area contributed by atoms with Crippen LogP contribution in [0.25, 0.3) is 0 Å². The molecule has 0 aromatic rings. The van der Waals surface area contributed by atoms with Gasteiger partial charge in [0.15, 0.2) is 0 Å². The molecule has 6 heteroatoms. The van der Waals surface area contributed by atoms with Crippen molar-refractivity contribution in [3.8, 4) is 0 Å². The third-order valence-corrected chi connectivity index (χ3v) is 5.35. The van der Waals surface area contributed by atoms with Crippen molar-refractivity contribution in [3.05, 3.63) is 0 Å². The van der Waals surface area contributed by atoms with E-state index in [9.17, 15) is 8.42 Å². The predicted molar refractivity (Wildman–Crippen MR) is 56.9 cm³/mol. The van der Waals surface area contributed by atoms with E-state index < -0.39 is 10.0 Å². The lowest BCUT2D eigenvalue weighted by atomic mass is 10.2. The molecule has 2 heterocycles. The Bertz CT molecular complexity index is 301. The maximum absolute atomic E-state index is 12.1. The molecule has 1 unspecified atom stereocenters. The Balaban J connectivity index is 2.05. The molecule has 0 aromatic heterocycles. The molecule has 2 aliphatic rings. The van der Waals surface area contributed by atoms with Gasteiger partial charge < -0.3 is 10.5 Å². The third kappa shape index (κ3) is 2.33. The van der Waals surface area contributed by atoms with E-state index in [1.165, 1.54) is 4.31 Å². The number of rotatable bonds is 2. The van der Waals surface area contributed by atoms with Gasteiger partial charge in [-0.15, -0.1) is 0 Å². The molecule has 2 aliphatic heterocycles. The van der Waals surface area contributed by atoms with Crippen molar-refractivity contribution in [1.82, 2.24) is 4.31 Å².